The molecule has 0 amide bonds. The van der Waals surface area contributed by atoms with E-state index in [0.29, 0.717) is 31.5 Å². The maximum absolute atomic E-state index is 8.95. The van der Waals surface area contributed by atoms with Crippen LogP contribution in [-0.2, 0) is 6.42 Å². The minimum absolute atomic E-state index is 0.218. The third kappa shape index (κ3) is 3.92. The van der Waals surface area contributed by atoms with Gasteiger partial charge in [-0.05, 0) is 35.9 Å². The van der Waals surface area contributed by atoms with Crippen molar-refractivity contribution in [3.63, 3.8) is 0 Å². The number of halogens is 4. The van der Waals surface area contributed by atoms with Crippen LogP contribution in [0.3, 0.4) is 0 Å². The van der Waals surface area contributed by atoms with Crippen molar-refractivity contribution in [2.24, 2.45) is 0 Å². The van der Waals surface area contributed by atoms with Gasteiger partial charge in [0.2, 0.25) is 0 Å². The predicted molar refractivity (Wildman–Crippen MR) is 104 cm³/mol. The van der Waals surface area contributed by atoms with Crippen molar-refractivity contribution >= 4 is 46.4 Å². The molecule has 0 atom stereocenters. The molecule has 0 aliphatic heterocycles. The lowest BCUT2D eigenvalue weighted by Gasteiger charge is -2.12. The summed E-state index contributed by atoms with van der Waals surface area (Å²) in [5.41, 5.74) is 3.90. The molecule has 0 N–H and O–H groups in total. The first kappa shape index (κ1) is 18.0. The van der Waals surface area contributed by atoms with Crippen LogP contribution in [0.5, 0.6) is 0 Å². The van der Waals surface area contributed by atoms with E-state index >= 15 is 0 Å². The lowest BCUT2D eigenvalue weighted by Crippen LogP contribution is -1.95. The van der Waals surface area contributed by atoms with Gasteiger partial charge in [0, 0.05) is 11.1 Å². The van der Waals surface area contributed by atoms with Crippen molar-refractivity contribution in [1.29, 1.82) is 5.26 Å². The van der Waals surface area contributed by atoms with E-state index in [0.717, 1.165) is 16.7 Å². The first-order chi connectivity index (χ1) is 12.0. The van der Waals surface area contributed by atoms with Crippen LogP contribution in [0.1, 0.15) is 5.69 Å². The average Bonchev–Trinajstić information content (AvgIpc) is 2.60. The molecule has 124 valence electrons. The van der Waals surface area contributed by atoms with Gasteiger partial charge in [0.15, 0.2) is 0 Å². The molecule has 3 rings (SSSR count). The smallest absolute Gasteiger partial charge is 0.0784 e. The highest BCUT2D eigenvalue weighted by molar-refractivity contribution is 6.42. The summed E-state index contributed by atoms with van der Waals surface area (Å²) in [6.45, 7) is 0. The molecule has 1 heterocycles. The Hall–Kier alpha value is -1.76. The van der Waals surface area contributed by atoms with Gasteiger partial charge in [-0.15, -0.1) is 0 Å². The number of rotatable bonds is 3. The van der Waals surface area contributed by atoms with Gasteiger partial charge in [0.25, 0.3) is 0 Å². The highest BCUT2D eigenvalue weighted by Crippen LogP contribution is 2.36. The molecule has 6 heteroatoms. The molecule has 0 bridgehead atoms. The van der Waals surface area contributed by atoms with Crippen molar-refractivity contribution in [1.82, 2.24) is 4.98 Å². The predicted octanol–water partition coefficient (Wildman–Crippen LogP) is 7.10. The minimum Gasteiger partial charge on any atom is -0.251 e. The summed E-state index contributed by atoms with van der Waals surface area (Å²) < 4.78 is 0. The van der Waals surface area contributed by atoms with E-state index in [1.165, 1.54) is 0 Å². The van der Waals surface area contributed by atoms with Gasteiger partial charge in [-0.2, -0.15) is 5.26 Å². The molecule has 0 spiro atoms. The second-order valence-corrected chi connectivity index (χ2v) is 6.92. The molecule has 3 aromatic rings. The monoisotopic (exact) mass is 406 g/mol. The van der Waals surface area contributed by atoms with Crippen molar-refractivity contribution in [3.05, 3.63) is 74.3 Å². The van der Waals surface area contributed by atoms with Crippen LogP contribution in [0.25, 0.3) is 22.4 Å². The first-order valence-electron chi connectivity index (χ1n) is 7.27. The van der Waals surface area contributed by atoms with Gasteiger partial charge in [0.05, 0.1) is 44.0 Å². The van der Waals surface area contributed by atoms with Gasteiger partial charge in [0.1, 0.15) is 0 Å². The Morgan fingerprint density at radius 1 is 0.760 bits per heavy atom. The molecule has 0 fully saturated rings. The Kier molecular flexibility index (Phi) is 5.51. The van der Waals surface area contributed by atoms with E-state index in [-0.39, 0.29) is 6.42 Å². The molecule has 2 aromatic carbocycles. The van der Waals surface area contributed by atoms with Crippen LogP contribution in [-0.4, -0.2) is 4.98 Å². The van der Waals surface area contributed by atoms with Gasteiger partial charge in [-0.25, -0.2) is 0 Å². The second-order valence-electron chi connectivity index (χ2n) is 5.29. The Bertz CT molecular complexity index is 993. The van der Waals surface area contributed by atoms with E-state index < -0.39 is 0 Å². The van der Waals surface area contributed by atoms with E-state index in [1.807, 2.05) is 24.3 Å². The van der Waals surface area contributed by atoms with Crippen LogP contribution in [0.4, 0.5) is 0 Å². The average molecular weight is 408 g/mol. The molecule has 0 aliphatic rings. The number of hydrogen-bond donors (Lipinski definition) is 0. The maximum Gasteiger partial charge on any atom is 0.0784 e. The number of nitrogens with zero attached hydrogens (tertiary/aromatic N) is 2. The SMILES string of the molecule is N#CCc1ccc(-c2ccc(Cl)c(Cl)c2)c(-c2ccc(Cl)c(Cl)c2)n1. The summed E-state index contributed by atoms with van der Waals surface area (Å²) >= 11 is 24.3. The van der Waals surface area contributed by atoms with Crippen LogP contribution >= 0.6 is 46.4 Å². The third-order valence-electron chi connectivity index (χ3n) is 3.64. The molecule has 25 heavy (non-hydrogen) atoms. The van der Waals surface area contributed by atoms with Crippen molar-refractivity contribution in [3.8, 4) is 28.5 Å². The van der Waals surface area contributed by atoms with E-state index in [9.17, 15) is 0 Å². The first-order valence-corrected chi connectivity index (χ1v) is 8.78. The summed E-state index contributed by atoms with van der Waals surface area (Å²) in [5, 5.41) is 10.8. The molecule has 0 radical (unpaired) electrons. The van der Waals surface area contributed by atoms with Gasteiger partial charge >= 0.3 is 0 Å². The molecule has 1 aromatic heterocycles. The zero-order valence-electron chi connectivity index (χ0n) is 12.7. The van der Waals surface area contributed by atoms with Gasteiger partial charge in [-0.1, -0.05) is 64.6 Å². The Morgan fingerprint density at radius 3 is 1.96 bits per heavy atom. The number of nitriles is 1. The fraction of sp³-hybridized carbons (Fsp3) is 0.0526. The zero-order valence-corrected chi connectivity index (χ0v) is 15.8. The standard InChI is InChI=1S/C19H10Cl4N2/c20-15-5-1-11(9-17(15)22)14-4-3-13(7-8-24)25-19(14)12-2-6-16(21)18(23)10-12/h1-6,9-10H,7H2. The van der Waals surface area contributed by atoms with E-state index in [1.54, 1.807) is 24.3 Å². The number of aromatic nitrogens is 1. The summed E-state index contributed by atoms with van der Waals surface area (Å²) in [4.78, 5) is 4.63. The highest BCUT2D eigenvalue weighted by Gasteiger charge is 2.13. The maximum atomic E-state index is 8.95. The molecule has 2 nitrogen and oxygen atoms in total. The van der Waals surface area contributed by atoms with Crippen LogP contribution in [0.2, 0.25) is 20.1 Å². The molecular weight excluding hydrogens is 398 g/mol. The quantitative estimate of drug-likeness (QED) is 0.464. The summed E-state index contributed by atoms with van der Waals surface area (Å²) in [7, 11) is 0. The number of hydrogen-bond acceptors (Lipinski definition) is 2. The Balaban J connectivity index is 2.22. The third-order valence-corrected chi connectivity index (χ3v) is 5.11. The van der Waals surface area contributed by atoms with E-state index in [2.05, 4.69) is 11.1 Å². The molecular formula is C19H10Cl4N2. The second kappa shape index (κ2) is 7.64. The fourth-order valence-corrected chi connectivity index (χ4v) is 3.04. The fourth-order valence-electron chi connectivity index (χ4n) is 2.44. The Morgan fingerprint density at radius 2 is 1.36 bits per heavy atom. The summed E-state index contributed by atoms with van der Waals surface area (Å²) in [6.07, 6.45) is 0.218. The highest BCUT2D eigenvalue weighted by atomic mass is 35.5. The van der Waals surface area contributed by atoms with Crippen LogP contribution < -0.4 is 0 Å². The van der Waals surface area contributed by atoms with Crippen molar-refractivity contribution in [2.45, 2.75) is 6.42 Å². The molecule has 0 saturated heterocycles. The lowest BCUT2D eigenvalue weighted by atomic mass is 9.98. The largest absolute Gasteiger partial charge is 0.251 e. The van der Waals surface area contributed by atoms with Crippen molar-refractivity contribution < 1.29 is 0 Å². The minimum atomic E-state index is 0.218. The summed E-state index contributed by atoms with van der Waals surface area (Å²) in [5.74, 6) is 0. The molecule has 0 saturated carbocycles. The topological polar surface area (TPSA) is 36.7 Å². The lowest BCUT2D eigenvalue weighted by molar-refractivity contribution is 1.12. The van der Waals surface area contributed by atoms with Crippen molar-refractivity contribution in [2.75, 3.05) is 0 Å². The number of benzene rings is 2. The Labute approximate surface area is 165 Å². The molecule has 0 aliphatic carbocycles. The van der Waals surface area contributed by atoms with Gasteiger partial charge < -0.3 is 0 Å². The van der Waals surface area contributed by atoms with E-state index in [4.69, 9.17) is 51.7 Å². The molecule has 0 unspecified atom stereocenters. The normalized spacial score (nSPS) is 10.5. The zero-order chi connectivity index (χ0) is 18.0. The van der Waals surface area contributed by atoms with Gasteiger partial charge in [-0.3, -0.25) is 4.98 Å². The van der Waals surface area contributed by atoms with Crippen LogP contribution in [0.15, 0.2) is 48.5 Å². The van der Waals surface area contributed by atoms with Crippen LogP contribution in [0, 0.1) is 11.3 Å². The summed E-state index contributed by atoms with van der Waals surface area (Å²) in [6, 6.07) is 16.6. The number of pyridine rings is 1.